The zero-order valence-corrected chi connectivity index (χ0v) is 17.5. The largest absolute Gasteiger partial charge is 0.391 e. The lowest BCUT2D eigenvalue weighted by atomic mass is 9.89. The number of carbonyl (C=O) groups excluding carboxylic acids is 2. The number of thioether (sulfide) groups is 1. The lowest BCUT2D eigenvalue weighted by Crippen LogP contribution is -2.67. The molecular formula is C18H25N5O7S. The number of primary amides is 1. The average molecular weight is 455 g/mol. The average Bonchev–Trinajstić information content (AvgIpc) is 2.74. The van der Waals surface area contributed by atoms with Crippen LogP contribution in [-0.2, 0) is 14.3 Å². The molecule has 2 rings (SSSR count). The third kappa shape index (κ3) is 6.08. The van der Waals surface area contributed by atoms with E-state index in [-0.39, 0.29) is 6.42 Å². The monoisotopic (exact) mass is 455 g/mol. The van der Waals surface area contributed by atoms with Crippen molar-refractivity contribution < 1.29 is 34.8 Å². The van der Waals surface area contributed by atoms with Gasteiger partial charge in [0.2, 0.25) is 5.91 Å². The molecule has 0 spiro atoms. The van der Waals surface area contributed by atoms with Crippen molar-refractivity contribution in [2.24, 2.45) is 10.8 Å². The molecule has 170 valence electrons. The van der Waals surface area contributed by atoms with E-state index in [0.717, 1.165) is 17.3 Å². The minimum atomic E-state index is -1.83. The maximum absolute atomic E-state index is 12.4. The summed E-state index contributed by atoms with van der Waals surface area (Å²) < 4.78 is 5.85. The molecule has 12 nitrogen and oxygen atoms in total. The van der Waals surface area contributed by atoms with Gasteiger partial charge in [0.15, 0.2) is 4.93 Å². The molecule has 1 saturated heterocycles. The molecule has 0 radical (unpaired) electrons. The number of carbonyl (C=O) groups is 2. The summed E-state index contributed by atoms with van der Waals surface area (Å²) in [6, 6.07) is 5.76. The maximum Gasteiger partial charge on any atom is 0.260 e. The molecule has 1 heterocycles. The van der Waals surface area contributed by atoms with Gasteiger partial charge in [0, 0.05) is 16.2 Å². The second kappa shape index (κ2) is 10.8. The fraction of sp³-hybridized carbons (Fsp3) is 0.556. The number of amides is 2. The Morgan fingerprint density at radius 1 is 1.42 bits per heavy atom. The summed E-state index contributed by atoms with van der Waals surface area (Å²) in [4.78, 5) is 25.4. The van der Waals surface area contributed by atoms with Crippen molar-refractivity contribution >= 4 is 23.6 Å². The Bertz CT molecular complexity index is 835. The van der Waals surface area contributed by atoms with E-state index in [4.69, 9.17) is 21.1 Å². The van der Waals surface area contributed by atoms with Crippen LogP contribution in [0.5, 0.6) is 0 Å². The first-order chi connectivity index (χ1) is 14.6. The van der Waals surface area contributed by atoms with Gasteiger partial charge in [-0.05, 0) is 24.6 Å². The van der Waals surface area contributed by atoms with E-state index in [9.17, 15) is 24.9 Å². The molecule has 0 aliphatic carbocycles. The molecule has 0 saturated carbocycles. The minimum absolute atomic E-state index is 0.340. The molecule has 1 aromatic carbocycles. The zero-order valence-electron chi connectivity index (χ0n) is 16.7. The normalized spacial score (nSPS) is 27.6. The summed E-state index contributed by atoms with van der Waals surface area (Å²) in [5.74, 6) is -1.81. The van der Waals surface area contributed by atoms with E-state index in [1.54, 1.807) is 24.3 Å². The van der Waals surface area contributed by atoms with E-state index in [1.165, 1.54) is 0 Å². The minimum Gasteiger partial charge on any atom is -0.391 e. The van der Waals surface area contributed by atoms with Crippen LogP contribution in [0.15, 0.2) is 34.3 Å². The molecule has 7 N–H and O–H groups in total. The lowest BCUT2D eigenvalue weighted by Gasteiger charge is -2.47. The smallest absolute Gasteiger partial charge is 0.260 e. The van der Waals surface area contributed by atoms with Crippen LogP contribution in [0.25, 0.3) is 10.4 Å². The van der Waals surface area contributed by atoms with Gasteiger partial charge in [0.05, 0.1) is 24.8 Å². The second-order valence-corrected chi connectivity index (χ2v) is 8.44. The van der Waals surface area contributed by atoms with Crippen LogP contribution in [0.3, 0.4) is 0 Å². The SMILES string of the molecule is Cc1ccc(S[C@@]2(C(N)=O)C[C@H](O)[C@@H](NC(=O)CO)[C@H]([C@H](O)[C@H](O)CN=[N+]=[N-])O2)cc1. The summed E-state index contributed by atoms with van der Waals surface area (Å²) in [6.07, 6.45) is -6.70. The van der Waals surface area contributed by atoms with Crippen LogP contribution in [0.4, 0.5) is 0 Å². The molecule has 13 heteroatoms. The number of nitrogens with zero attached hydrogens (tertiary/aromatic N) is 3. The number of hydrogen-bond donors (Lipinski definition) is 6. The molecule has 2 amide bonds. The number of ether oxygens (including phenoxy) is 1. The Morgan fingerprint density at radius 2 is 2.06 bits per heavy atom. The predicted octanol–water partition coefficient (Wildman–Crippen LogP) is -1.07. The summed E-state index contributed by atoms with van der Waals surface area (Å²) in [6.45, 7) is 0.459. The number of aryl methyl sites for hydroxylation is 1. The van der Waals surface area contributed by atoms with Gasteiger partial charge in [0.1, 0.15) is 18.8 Å². The third-order valence-electron chi connectivity index (χ3n) is 4.79. The molecule has 1 fully saturated rings. The molecule has 31 heavy (non-hydrogen) atoms. The van der Waals surface area contributed by atoms with Gasteiger partial charge in [-0.3, -0.25) is 9.59 Å². The highest BCUT2D eigenvalue weighted by Gasteiger charge is 2.54. The standard InChI is InChI=1S/C18H25N5O7S/c1-9-2-4-10(5-3-9)31-18(17(19)29)6-11(25)14(22-13(27)8-24)16(30-18)15(28)12(26)7-21-23-20/h2-5,11-12,14-16,24-26,28H,6-8H2,1H3,(H2,19,29)(H,22,27)/t11-,12+,14+,15+,16+,18+/m0/s1. The number of aliphatic hydroxyl groups excluding tert-OH is 4. The van der Waals surface area contributed by atoms with Gasteiger partial charge in [-0.15, -0.1) is 0 Å². The van der Waals surface area contributed by atoms with E-state index >= 15 is 0 Å². The van der Waals surface area contributed by atoms with Gasteiger partial charge in [-0.1, -0.05) is 34.6 Å². The van der Waals surface area contributed by atoms with Crippen LogP contribution >= 0.6 is 11.8 Å². The van der Waals surface area contributed by atoms with Gasteiger partial charge in [-0.2, -0.15) is 0 Å². The summed E-state index contributed by atoms with van der Waals surface area (Å²) in [5, 5.41) is 46.0. The van der Waals surface area contributed by atoms with Crippen molar-refractivity contribution in [3.63, 3.8) is 0 Å². The number of nitrogens with one attached hydrogen (secondary N) is 1. The highest BCUT2D eigenvalue weighted by atomic mass is 32.2. The lowest BCUT2D eigenvalue weighted by molar-refractivity contribution is -0.191. The number of azide groups is 1. The van der Waals surface area contributed by atoms with Crippen molar-refractivity contribution in [3.05, 3.63) is 40.3 Å². The number of hydrogen-bond acceptors (Lipinski definition) is 9. The third-order valence-corrected chi connectivity index (χ3v) is 6.09. The van der Waals surface area contributed by atoms with Crippen LogP contribution < -0.4 is 11.1 Å². The van der Waals surface area contributed by atoms with Crippen LogP contribution in [-0.4, -0.2) is 80.8 Å². The summed E-state index contributed by atoms with van der Waals surface area (Å²) >= 11 is 0.916. The Morgan fingerprint density at radius 3 is 2.61 bits per heavy atom. The fourth-order valence-electron chi connectivity index (χ4n) is 3.17. The van der Waals surface area contributed by atoms with E-state index in [1.807, 2.05) is 6.92 Å². The van der Waals surface area contributed by atoms with Crippen molar-refractivity contribution in [1.82, 2.24) is 5.32 Å². The van der Waals surface area contributed by atoms with Crippen molar-refractivity contribution in [2.45, 2.75) is 53.6 Å². The van der Waals surface area contributed by atoms with Gasteiger partial charge < -0.3 is 36.2 Å². The number of nitrogens with two attached hydrogens (primary N) is 1. The highest BCUT2D eigenvalue weighted by Crippen LogP contribution is 2.43. The first-order valence-corrected chi connectivity index (χ1v) is 10.1. The van der Waals surface area contributed by atoms with Crippen LogP contribution in [0.1, 0.15) is 12.0 Å². The Labute approximate surface area is 182 Å². The number of benzene rings is 1. The zero-order chi connectivity index (χ0) is 23.2. The van der Waals surface area contributed by atoms with Gasteiger partial charge in [-0.25, -0.2) is 0 Å². The van der Waals surface area contributed by atoms with E-state index in [0.29, 0.717) is 4.90 Å². The molecule has 1 aliphatic heterocycles. The molecule has 1 aromatic rings. The van der Waals surface area contributed by atoms with Gasteiger partial charge >= 0.3 is 0 Å². The van der Waals surface area contributed by atoms with E-state index in [2.05, 4.69) is 15.3 Å². The first kappa shape index (κ1) is 24.9. The summed E-state index contributed by atoms with van der Waals surface area (Å²) in [7, 11) is 0. The van der Waals surface area contributed by atoms with Crippen molar-refractivity contribution in [2.75, 3.05) is 13.2 Å². The Hall–Kier alpha value is -2.38. The highest BCUT2D eigenvalue weighted by molar-refractivity contribution is 8.01. The number of aliphatic hydroxyl groups is 4. The van der Waals surface area contributed by atoms with Crippen molar-refractivity contribution in [1.29, 1.82) is 0 Å². The van der Waals surface area contributed by atoms with Crippen molar-refractivity contribution in [3.8, 4) is 0 Å². The Kier molecular flexibility index (Phi) is 8.65. The maximum atomic E-state index is 12.4. The molecule has 0 unspecified atom stereocenters. The van der Waals surface area contributed by atoms with E-state index < -0.39 is 60.4 Å². The topological polar surface area (TPSA) is 211 Å². The Balaban J connectivity index is 2.41. The molecule has 0 aromatic heterocycles. The second-order valence-electron chi connectivity index (χ2n) is 7.11. The molecule has 6 atom stereocenters. The van der Waals surface area contributed by atoms with Crippen LogP contribution in [0, 0.1) is 6.92 Å². The number of rotatable bonds is 9. The first-order valence-electron chi connectivity index (χ1n) is 9.32. The fourth-order valence-corrected chi connectivity index (χ4v) is 4.34. The molecule has 1 aliphatic rings. The molecular weight excluding hydrogens is 430 g/mol. The predicted molar refractivity (Wildman–Crippen MR) is 110 cm³/mol. The quantitative estimate of drug-likeness (QED) is 0.153. The molecule has 0 bridgehead atoms. The summed E-state index contributed by atoms with van der Waals surface area (Å²) in [5.41, 5.74) is 15.0. The van der Waals surface area contributed by atoms with Gasteiger partial charge in [0.25, 0.3) is 5.91 Å². The van der Waals surface area contributed by atoms with Crippen LogP contribution in [0.2, 0.25) is 0 Å².